The Morgan fingerprint density at radius 2 is 2.12 bits per heavy atom. The third-order valence-corrected chi connectivity index (χ3v) is 5.74. The maximum Gasteiger partial charge on any atom is 0.238 e. The van der Waals surface area contributed by atoms with Crippen LogP contribution in [-0.4, -0.2) is 70.6 Å². The maximum atomic E-state index is 12.1. The molecule has 1 aliphatic rings. The van der Waals surface area contributed by atoms with Crippen LogP contribution >= 0.6 is 0 Å². The second-order valence-corrected chi connectivity index (χ2v) is 8.05. The fraction of sp³-hybridized carbons (Fsp3) is 0.429. The average Bonchev–Trinajstić information content (AvgIpc) is 3.17. The van der Waals surface area contributed by atoms with E-state index in [-0.39, 0.29) is 30.0 Å². The number of aromatic nitrogens is 4. The number of likely N-dealkylation sites (N-methyl/N-ethyl adjacent to an activating group) is 1. The molecule has 24 heavy (non-hydrogen) atoms. The summed E-state index contributed by atoms with van der Waals surface area (Å²) in [6.07, 6.45) is 2.06. The molecule has 1 saturated heterocycles. The number of amides is 1. The van der Waals surface area contributed by atoms with Crippen LogP contribution in [0.2, 0.25) is 0 Å². The number of anilines is 1. The van der Waals surface area contributed by atoms with E-state index < -0.39 is 9.84 Å². The van der Waals surface area contributed by atoms with E-state index in [0.29, 0.717) is 12.1 Å². The lowest BCUT2D eigenvalue weighted by atomic mass is 10.2. The number of nitrogens with one attached hydrogen (secondary N) is 1. The van der Waals surface area contributed by atoms with Crippen molar-refractivity contribution in [1.82, 2.24) is 25.1 Å². The molecule has 128 valence electrons. The molecule has 1 aromatic heterocycles. The van der Waals surface area contributed by atoms with E-state index in [1.165, 1.54) is 11.0 Å². The van der Waals surface area contributed by atoms with Gasteiger partial charge in [-0.3, -0.25) is 9.69 Å². The summed E-state index contributed by atoms with van der Waals surface area (Å²) in [7, 11) is -1.18. The number of benzene rings is 1. The van der Waals surface area contributed by atoms with Gasteiger partial charge >= 0.3 is 0 Å². The lowest BCUT2D eigenvalue weighted by Crippen LogP contribution is -2.38. The predicted octanol–water partition coefficient (Wildman–Crippen LogP) is -0.280. The van der Waals surface area contributed by atoms with Crippen LogP contribution in [0.3, 0.4) is 0 Å². The molecule has 9 nitrogen and oxygen atoms in total. The number of hydrogen-bond acceptors (Lipinski definition) is 7. The van der Waals surface area contributed by atoms with Gasteiger partial charge in [0, 0.05) is 11.7 Å². The summed E-state index contributed by atoms with van der Waals surface area (Å²) in [6.45, 7) is 0.148. The molecule has 10 heteroatoms. The van der Waals surface area contributed by atoms with Gasteiger partial charge in [-0.25, -0.2) is 13.1 Å². The van der Waals surface area contributed by atoms with Crippen LogP contribution in [0.15, 0.2) is 30.6 Å². The summed E-state index contributed by atoms with van der Waals surface area (Å²) < 4.78 is 24.5. The van der Waals surface area contributed by atoms with E-state index in [0.717, 1.165) is 5.69 Å². The molecule has 1 fully saturated rings. The Bertz CT molecular complexity index is 804. The summed E-state index contributed by atoms with van der Waals surface area (Å²) in [6, 6.07) is 7.01. The Balaban J connectivity index is 1.55. The number of carbonyl (C=O) groups excluding carboxylic acids is 1. The zero-order valence-corrected chi connectivity index (χ0v) is 14.0. The van der Waals surface area contributed by atoms with Crippen molar-refractivity contribution in [2.24, 2.45) is 0 Å². The summed E-state index contributed by atoms with van der Waals surface area (Å²) in [5.41, 5.74) is 1.44. The Morgan fingerprint density at radius 3 is 2.71 bits per heavy atom. The van der Waals surface area contributed by atoms with Crippen molar-refractivity contribution in [3.8, 4) is 5.69 Å². The molecule has 3 rings (SSSR count). The molecular formula is C14H18N6O3S. The molecule has 0 bridgehead atoms. The van der Waals surface area contributed by atoms with E-state index in [1.807, 2.05) is 0 Å². The third kappa shape index (κ3) is 3.95. The molecule has 0 unspecified atom stereocenters. The molecular weight excluding hydrogens is 332 g/mol. The van der Waals surface area contributed by atoms with Gasteiger partial charge in [-0.2, -0.15) is 0 Å². The standard InChI is InChI=1S/C14H18N6O3S/c1-19(13-6-7-24(22,23)9-13)8-14(21)16-11-2-4-12(5-3-11)20-10-15-17-18-20/h2-5,10,13H,6-9H2,1H3,(H,16,21)/t13-/m0/s1. The van der Waals surface area contributed by atoms with Crippen molar-refractivity contribution in [1.29, 1.82) is 0 Å². The SMILES string of the molecule is CN(CC(=O)Nc1ccc(-n2cnnn2)cc1)[C@H]1CCS(=O)(=O)C1. The van der Waals surface area contributed by atoms with Gasteiger partial charge < -0.3 is 5.32 Å². The van der Waals surface area contributed by atoms with Crippen LogP contribution in [-0.2, 0) is 14.6 Å². The van der Waals surface area contributed by atoms with Gasteiger partial charge in [-0.1, -0.05) is 0 Å². The predicted molar refractivity (Wildman–Crippen MR) is 87.5 cm³/mol. The smallest absolute Gasteiger partial charge is 0.238 e. The number of nitrogens with zero attached hydrogens (tertiary/aromatic N) is 5. The number of tetrazole rings is 1. The normalized spacial score (nSPS) is 19.5. The maximum absolute atomic E-state index is 12.1. The molecule has 2 aromatic rings. The van der Waals surface area contributed by atoms with Crippen LogP contribution < -0.4 is 5.32 Å². The van der Waals surface area contributed by atoms with Crippen molar-refractivity contribution in [2.75, 3.05) is 30.4 Å². The first kappa shape index (κ1) is 16.5. The lowest BCUT2D eigenvalue weighted by molar-refractivity contribution is -0.117. The zero-order chi connectivity index (χ0) is 17.2. The Hall–Kier alpha value is -2.33. The minimum atomic E-state index is -2.95. The van der Waals surface area contributed by atoms with Crippen LogP contribution in [0.4, 0.5) is 5.69 Å². The number of rotatable bonds is 5. The highest BCUT2D eigenvalue weighted by Gasteiger charge is 2.31. The summed E-state index contributed by atoms with van der Waals surface area (Å²) in [5.74, 6) is 0.136. The van der Waals surface area contributed by atoms with E-state index in [4.69, 9.17) is 0 Å². The summed E-state index contributed by atoms with van der Waals surface area (Å²) in [5, 5.41) is 13.7. The van der Waals surface area contributed by atoms with Gasteiger partial charge in [0.2, 0.25) is 5.91 Å². The molecule has 2 heterocycles. The van der Waals surface area contributed by atoms with Gasteiger partial charge in [0.1, 0.15) is 6.33 Å². The first-order valence-electron chi connectivity index (χ1n) is 7.47. The molecule has 0 aliphatic carbocycles. The van der Waals surface area contributed by atoms with Gasteiger partial charge in [-0.05, 0) is 48.2 Å². The first-order valence-corrected chi connectivity index (χ1v) is 9.29. The number of sulfone groups is 1. The molecule has 1 atom stereocenters. The van der Waals surface area contributed by atoms with Gasteiger partial charge in [0.15, 0.2) is 9.84 Å². The molecule has 1 aromatic carbocycles. The minimum Gasteiger partial charge on any atom is -0.325 e. The summed E-state index contributed by atoms with van der Waals surface area (Å²) in [4.78, 5) is 13.9. The summed E-state index contributed by atoms with van der Waals surface area (Å²) >= 11 is 0. The topological polar surface area (TPSA) is 110 Å². The van der Waals surface area contributed by atoms with Gasteiger partial charge in [-0.15, -0.1) is 5.10 Å². The molecule has 1 N–H and O–H groups in total. The van der Waals surface area contributed by atoms with Crippen LogP contribution in [0.5, 0.6) is 0 Å². The molecule has 1 amide bonds. The second-order valence-electron chi connectivity index (χ2n) is 5.82. The van der Waals surface area contributed by atoms with Crippen molar-refractivity contribution in [2.45, 2.75) is 12.5 Å². The van der Waals surface area contributed by atoms with E-state index in [2.05, 4.69) is 20.8 Å². The average molecular weight is 350 g/mol. The highest BCUT2D eigenvalue weighted by atomic mass is 32.2. The van der Waals surface area contributed by atoms with Gasteiger partial charge in [0.25, 0.3) is 0 Å². The Kier molecular flexibility index (Phi) is 4.58. The van der Waals surface area contributed by atoms with Crippen LogP contribution in [0.1, 0.15) is 6.42 Å². The van der Waals surface area contributed by atoms with E-state index in [1.54, 1.807) is 36.2 Å². The van der Waals surface area contributed by atoms with Crippen molar-refractivity contribution in [3.63, 3.8) is 0 Å². The first-order chi connectivity index (χ1) is 11.4. The quantitative estimate of drug-likeness (QED) is 0.789. The highest BCUT2D eigenvalue weighted by Crippen LogP contribution is 2.17. The fourth-order valence-electron chi connectivity index (χ4n) is 2.66. The molecule has 1 aliphatic heterocycles. The Morgan fingerprint density at radius 1 is 1.38 bits per heavy atom. The monoisotopic (exact) mass is 350 g/mol. The van der Waals surface area contributed by atoms with Crippen molar-refractivity contribution >= 4 is 21.4 Å². The van der Waals surface area contributed by atoms with E-state index in [9.17, 15) is 13.2 Å². The molecule has 0 spiro atoms. The van der Waals surface area contributed by atoms with Crippen LogP contribution in [0, 0.1) is 0 Å². The number of hydrogen-bond donors (Lipinski definition) is 1. The van der Waals surface area contributed by atoms with Crippen LogP contribution in [0.25, 0.3) is 5.69 Å². The van der Waals surface area contributed by atoms with E-state index >= 15 is 0 Å². The van der Waals surface area contributed by atoms with Crippen molar-refractivity contribution < 1.29 is 13.2 Å². The lowest BCUT2D eigenvalue weighted by Gasteiger charge is -2.22. The highest BCUT2D eigenvalue weighted by molar-refractivity contribution is 7.91. The zero-order valence-electron chi connectivity index (χ0n) is 13.2. The fourth-order valence-corrected chi connectivity index (χ4v) is 4.46. The molecule has 0 radical (unpaired) electrons. The minimum absolute atomic E-state index is 0.0945. The largest absolute Gasteiger partial charge is 0.325 e. The number of carbonyl (C=O) groups is 1. The Labute approximate surface area is 139 Å². The van der Waals surface area contributed by atoms with Gasteiger partial charge in [0.05, 0.1) is 23.7 Å². The molecule has 0 saturated carbocycles. The third-order valence-electron chi connectivity index (χ3n) is 3.99. The second kappa shape index (κ2) is 6.65. The van der Waals surface area contributed by atoms with Crippen molar-refractivity contribution in [3.05, 3.63) is 30.6 Å².